The molecule has 116 valence electrons. The van der Waals surface area contributed by atoms with Gasteiger partial charge < -0.3 is 4.74 Å². The van der Waals surface area contributed by atoms with E-state index in [4.69, 9.17) is 16.3 Å². The van der Waals surface area contributed by atoms with Gasteiger partial charge >= 0.3 is 0 Å². The molecule has 0 amide bonds. The topological polar surface area (TPSA) is 33.0 Å². The Bertz CT molecular complexity index is 566. The van der Waals surface area contributed by atoms with E-state index in [2.05, 4.69) is 6.07 Å². The lowest BCUT2D eigenvalue weighted by Crippen LogP contribution is -2.29. The van der Waals surface area contributed by atoms with Gasteiger partial charge in [-0.05, 0) is 30.2 Å². The Morgan fingerprint density at radius 3 is 1.86 bits per heavy atom. The number of aryl methyl sites for hydroxylation is 1. The fourth-order valence-corrected chi connectivity index (χ4v) is 2.46. The van der Waals surface area contributed by atoms with Crippen molar-refractivity contribution < 1.29 is 4.74 Å². The van der Waals surface area contributed by atoms with Gasteiger partial charge in [0.05, 0.1) is 12.5 Å². The number of hydrogen-bond acceptors (Lipinski definition) is 2. The molecule has 0 aromatic heterocycles. The molecule has 0 aliphatic carbocycles. The summed E-state index contributed by atoms with van der Waals surface area (Å²) in [5, 5.41) is 9.88. The first-order chi connectivity index (χ1) is 10.6. The number of nitriles is 1. The first-order valence-electron chi connectivity index (χ1n) is 7.37. The highest BCUT2D eigenvalue weighted by molar-refractivity contribution is 6.30. The normalized spacial score (nSPS) is 12.5. The first kappa shape index (κ1) is 18.2. The van der Waals surface area contributed by atoms with Gasteiger partial charge in [-0.3, -0.25) is 0 Å². The first-order valence-corrected chi connectivity index (χ1v) is 7.75. The van der Waals surface area contributed by atoms with Gasteiger partial charge in [0.2, 0.25) is 0 Å². The number of ether oxygens (including phenoxy) is 1. The van der Waals surface area contributed by atoms with E-state index < -0.39 is 5.60 Å². The molecular formula is C19H22ClNO. The smallest absolute Gasteiger partial charge is 0.131 e. The minimum Gasteiger partial charge on any atom is -0.368 e. The summed E-state index contributed by atoms with van der Waals surface area (Å²) in [5.41, 5.74) is 2.31. The van der Waals surface area contributed by atoms with Gasteiger partial charge in [0.25, 0.3) is 0 Å². The largest absolute Gasteiger partial charge is 0.368 e. The van der Waals surface area contributed by atoms with Gasteiger partial charge in [-0.15, -0.1) is 0 Å². The summed E-state index contributed by atoms with van der Waals surface area (Å²) in [6.45, 7) is 6.03. The predicted molar refractivity (Wildman–Crippen MR) is 92.0 cm³/mol. The van der Waals surface area contributed by atoms with Crippen LogP contribution in [-0.4, -0.2) is 7.11 Å². The van der Waals surface area contributed by atoms with E-state index in [1.807, 2.05) is 69.3 Å². The van der Waals surface area contributed by atoms with Crippen molar-refractivity contribution in [3.05, 3.63) is 70.2 Å². The van der Waals surface area contributed by atoms with Crippen molar-refractivity contribution in [2.24, 2.45) is 0 Å². The third-order valence-electron chi connectivity index (χ3n) is 3.50. The Kier molecular flexibility index (Phi) is 7.11. The highest BCUT2D eigenvalue weighted by atomic mass is 35.5. The number of halogens is 1. The average Bonchev–Trinajstić information content (AvgIpc) is 2.56. The second-order valence-electron chi connectivity index (χ2n) is 4.74. The molecule has 2 aromatic carbocycles. The van der Waals surface area contributed by atoms with Crippen molar-refractivity contribution >= 4 is 11.6 Å². The van der Waals surface area contributed by atoms with Crippen LogP contribution in [0.15, 0.2) is 48.5 Å². The van der Waals surface area contributed by atoms with Crippen LogP contribution in [0, 0.1) is 18.3 Å². The van der Waals surface area contributed by atoms with E-state index in [-0.39, 0.29) is 6.42 Å². The SMILES string of the molecule is CC.COC(CC#N)(c1ccc(C)cc1)c1ccc(Cl)cc1. The quantitative estimate of drug-likeness (QED) is 0.748. The molecule has 2 nitrogen and oxygen atoms in total. The number of methoxy groups -OCH3 is 1. The molecule has 2 aromatic rings. The zero-order valence-corrected chi connectivity index (χ0v) is 14.3. The molecule has 0 fully saturated rings. The summed E-state index contributed by atoms with van der Waals surface area (Å²) in [7, 11) is 1.63. The molecule has 0 radical (unpaired) electrons. The molecule has 0 saturated heterocycles. The summed E-state index contributed by atoms with van der Waals surface area (Å²) < 4.78 is 5.76. The van der Waals surface area contributed by atoms with Crippen molar-refractivity contribution in [2.75, 3.05) is 7.11 Å². The summed E-state index contributed by atoms with van der Waals surface area (Å²) in [4.78, 5) is 0. The van der Waals surface area contributed by atoms with Crippen molar-refractivity contribution in [1.29, 1.82) is 5.26 Å². The van der Waals surface area contributed by atoms with Crippen LogP contribution >= 0.6 is 11.6 Å². The van der Waals surface area contributed by atoms with Crippen molar-refractivity contribution in [1.82, 2.24) is 0 Å². The summed E-state index contributed by atoms with van der Waals surface area (Å²) >= 11 is 5.94. The van der Waals surface area contributed by atoms with Crippen molar-refractivity contribution in [2.45, 2.75) is 32.8 Å². The van der Waals surface area contributed by atoms with E-state index >= 15 is 0 Å². The average molecular weight is 316 g/mol. The lowest BCUT2D eigenvalue weighted by atomic mass is 9.83. The third-order valence-corrected chi connectivity index (χ3v) is 3.76. The minimum atomic E-state index is -0.757. The predicted octanol–water partition coefficient (Wildman–Crippen LogP) is 5.48. The van der Waals surface area contributed by atoms with Crippen LogP contribution in [0.3, 0.4) is 0 Å². The van der Waals surface area contributed by atoms with E-state index in [0.29, 0.717) is 5.02 Å². The monoisotopic (exact) mass is 315 g/mol. The molecule has 0 saturated carbocycles. The molecule has 1 atom stereocenters. The van der Waals surface area contributed by atoms with Crippen molar-refractivity contribution in [3.63, 3.8) is 0 Å². The second-order valence-corrected chi connectivity index (χ2v) is 5.18. The zero-order chi connectivity index (χ0) is 16.6. The van der Waals surface area contributed by atoms with Crippen LogP contribution < -0.4 is 0 Å². The van der Waals surface area contributed by atoms with Crippen LogP contribution in [-0.2, 0) is 10.3 Å². The number of hydrogen-bond donors (Lipinski definition) is 0. The molecule has 3 heteroatoms. The second kappa shape index (κ2) is 8.58. The van der Waals surface area contributed by atoms with Gasteiger partial charge in [-0.25, -0.2) is 0 Å². The number of rotatable bonds is 4. The van der Waals surface area contributed by atoms with Crippen molar-refractivity contribution in [3.8, 4) is 6.07 Å². The Labute approximate surface area is 138 Å². The molecule has 0 aliphatic heterocycles. The van der Waals surface area contributed by atoms with Gasteiger partial charge in [0.1, 0.15) is 5.60 Å². The van der Waals surface area contributed by atoms with E-state index in [1.165, 1.54) is 5.56 Å². The fourth-order valence-electron chi connectivity index (χ4n) is 2.33. The standard InChI is InChI=1S/C17H16ClNO.C2H6/c1-13-3-5-14(6-4-13)17(20-2,11-12-19)15-7-9-16(18)10-8-15;1-2/h3-10H,11H2,1-2H3;1-2H3. The van der Waals surface area contributed by atoms with Crippen LogP contribution in [0.25, 0.3) is 0 Å². The maximum atomic E-state index is 9.21. The van der Waals surface area contributed by atoms with E-state index in [0.717, 1.165) is 11.1 Å². The fraction of sp³-hybridized carbons (Fsp3) is 0.316. The van der Waals surface area contributed by atoms with Gasteiger partial charge in [0, 0.05) is 12.1 Å². The molecule has 22 heavy (non-hydrogen) atoms. The molecule has 0 N–H and O–H groups in total. The van der Waals surface area contributed by atoms with E-state index in [1.54, 1.807) is 7.11 Å². The molecule has 0 heterocycles. The summed E-state index contributed by atoms with van der Waals surface area (Å²) in [5.74, 6) is 0. The highest BCUT2D eigenvalue weighted by Crippen LogP contribution is 2.36. The van der Waals surface area contributed by atoms with Crippen LogP contribution in [0.5, 0.6) is 0 Å². The van der Waals surface area contributed by atoms with Crippen LogP contribution in [0.1, 0.15) is 37.0 Å². The van der Waals surface area contributed by atoms with Crippen LogP contribution in [0.2, 0.25) is 5.02 Å². The zero-order valence-electron chi connectivity index (χ0n) is 13.6. The summed E-state index contributed by atoms with van der Waals surface area (Å²) in [6, 6.07) is 17.7. The van der Waals surface area contributed by atoms with Gasteiger partial charge in [0.15, 0.2) is 0 Å². The Morgan fingerprint density at radius 2 is 1.45 bits per heavy atom. The molecule has 2 rings (SSSR count). The number of nitrogens with zero attached hydrogens (tertiary/aromatic N) is 1. The maximum absolute atomic E-state index is 9.21. The Hall–Kier alpha value is -1.82. The molecule has 1 unspecified atom stereocenters. The minimum absolute atomic E-state index is 0.244. The van der Waals surface area contributed by atoms with Gasteiger partial charge in [-0.2, -0.15) is 5.26 Å². The summed E-state index contributed by atoms with van der Waals surface area (Å²) in [6.07, 6.45) is 0.244. The third kappa shape index (κ3) is 3.88. The van der Waals surface area contributed by atoms with E-state index in [9.17, 15) is 5.26 Å². The lowest BCUT2D eigenvalue weighted by Gasteiger charge is -2.31. The Morgan fingerprint density at radius 1 is 1.00 bits per heavy atom. The maximum Gasteiger partial charge on any atom is 0.131 e. The molecule has 0 aliphatic rings. The number of benzene rings is 2. The lowest BCUT2D eigenvalue weighted by molar-refractivity contribution is 0.0261. The van der Waals surface area contributed by atoms with Crippen LogP contribution in [0.4, 0.5) is 0 Å². The highest BCUT2D eigenvalue weighted by Gasteiger charge is 2.34. The van der Waals surface area contributed by atoms with Gasteiger partial charge in [-0.1, -0.05) is 67.4 Å². The Balaban J connectivity index is 0.00000116. The molecule has 0 spiro atoms. The molecular weight excluding hydrogens is 294 g/mol. The molecule has 0 bridgehead atoms.